The summed E-state index contributed by atoms with van der Waals surface area (Å²) in [5.41, 5.74) is 0.119. The van der Waals surface area contributed by atoms with E-state index in [4.69, 9.17) is 0 Å². The Labute approximate surface area is 103 Å². The summed E-state index contributed by atoms with van der Waals surface area (Å²) >= 11 is 3.45. The van der Waals surface area contributed by atoms with Crippen molar-refractivity contribution in [1.29, 1.82) is 0 Å². The first kappa shape index (κ1) is 12.7. The summed E-state index contributed by atoms with van der Waals surface area (Å²) in [7, 11) is 0. The summed E-state index contributed by atoms with van der Waals surface area (Å²) < 4.78 is 37.3. The van der Waals surface area contributed by atoms with Crippen LogP contribution in [0.5, 0.6) is 0 Å². The van der Waals surface area contributed by atoms with Crippen molar-refractivity contribution in [2.24, 2.45) is 5.41 Å². The van der Waals surface area contributed by atoms with Gasteiger partial charge >= 0.3 is 6.18 Å². The van der Waals surface area contributed by atoms with Crippen LogP contribution in [0.1, 0.15) is 32.1 Å². The molecule has 2 aliphatic carbocycles. The van der Waals surface area contributed by atoms with Crippen LogP contribution in [-0.4, -0.2) is 35.5 Å². The van der Waals surface area contributed by atoms with Crippen molar-refractivity contribution in [3.05, 3.63) is 0 Å². The van der Waals surface area contributed by atoms with Gasteiger partial charge in [0.1, 0.15) is 0 Å². The van der Waals surface area contributed by atoms with E-state index in [9.17, 15) is 13.2 Å². The summed E-state index contributed by atoms with van der Waals surface area (Å²) in [6, 6.07) is 0.193. The Bertz CT molecular complexity index is 241. The van der Waals surface area contributed by atoms with Gasteiger partial charge in [-0.15, -0.1) is 0 Å². The largest absolute Gasteiger partial charge is 0.401 e. The maximum atomic E-state index is 12.4. The molecule has 0 amide bonds. The van der Waals surface area contributed by atoms with Crippen LogP contribution in [0.3, 0.4) is 0 Å². The molecule has 0 spiro atoms. The average molecular weight is 300 g/mol. The average Bonchev–Trinajstić information content (AvgIpc) is 2.90. The van der Waals surface area contributed by atoms with Crippen molar-refractivity contribution in [3.63, 3.8) is 0 Å². The van der Waals surface area contributed by atoms with Gasteiger partial charge in [0.15, 0.2) is 0 Å². The van der Waals surface area contributed by atoms with E-state index in [1.807, 2.05) is 0 Å². The zero-order valence-electron chi connectivity index (χ0n) is 9.19. The second kappa shape index (κ2) is 4.48. The van der Waals surface area contributed by atoms with E-state index < -0.39 is 12.7 Å². The first-order chi connectivity index (χ1) is 7.44. The molecule has 0 N–H and O–H groups in total. The van der Waals surface area contributed by atoms with Gasteiger partial charge in [0.25, 0.3) is 0 Å². The first-order valence-electron chi connectivity index (χ1n) is 5.81. The maximum absolute atomic E-state index is 12.4. The molecule has 0 bridgehead atoms. The van der Waals surface area contributed by atoms with Crippen LogP contribution >= 0.6 is 15.9 Å². The molecule has 0 unspecified atom stereocenters. The Hall–Kier alpha value is 0.230. The highest BCUT2D eigenvalue weighted by molar-refractivity contribution is 9.09. The third-order valence-corrected chi connectivity index (χ3v) is 4.87. The lowest BCUT2D eigenvalue weighted by Gasteiger charge is -2.44. The monoisotopic (exact) mass is 299 g/mol. The van der Waals surface area contributed by atoms with Gasteiger partial charge in [0.05, 0.1) is 6.54 Å². The maximum Gasteiger partial charge on any atom is 0.401 e. The topological polar surface area (TPSA) is 3.24 Å². The summed E-state index contributed by atoms with van der Waals surface area (Å²) in [4.78, 5) is 1.65. The van der Waals surface area contributed by atoms with Gasteiger partial charge in [-0.3, -0.25) is 4.90 Å². The normalized spacial score (nSPS) is 24.6. The molecule has 2 aliphatic rings. The van der Waals surface area contributed by atoms with Gasteiger partial charge in [-0.05, 0) is 31.1 Å². The van der Waals surface area contributed by atoms with Crippen molar-refractivity contribution in [3.8, 4) is 0 Å². The standard InChI is InChI=1S/C11H17BrF3N/c12-6-10(4-1-5-10)7-16(9-2-3-9)8-11(13,14)15/h9H,1-8H2. The Kier molecular flexibility index (Phi) is 3.55. The van der Waals surface area contributed by atoms with Gasteiger partial charge in [-0.25, -0.2) is 0 Å². The third-order valence-electron chi connectivity index (χ3n) is 3.68. The molecule has 0 aliphatic heterocycles. The number of hydrogen-bond acceptors (Lipinski definition) is 1. The highest BCUT2D eigenvalue weighted by atomic mass is 79.9. The second-order valence-electron chi connectivity index (χ2n) is 5.24. The van der Waals surface area contributed by atoms with E-state index in [1.165, 1.54) is 0 Å². The number of rotatable bonds is 5. The van der Waals surface area contributed by atoms with E-state index in [0.717, 1.165) is 37.4 Å². The number of hydrogen-bond donors (Lipinski definition) is 0. The molecule has 2 fully saturated rings. The van der Waals surface area contributed by atoms with E-state index >= 15 is 0 Å². The predicted octanol–water partition coefficient (Wildman–Crippen LogP) is 3.58. The van der Waals surface area contributed by atoms with Crippen LogP contribution in [0, 0.1) is 5.41 Å². The number of alkyl halides is 4. The third kappa shape index (κ3) is 3.13. The molecule has 0 aromatic carbocycles. The Balaban J connectivity index is 1.92. The van der Waals surface area contributed by atoms with Crippen LogP contribution in [-0.2, 0) is 0 Å². The van der Waals surface area contributed by atoms with Crippen LogP contribution in [0.15, 0.2) is 0 Å². The number of halogens is 4. The molecule has 94 valence electrons. The predicted molar refractivity (Wildman–Crippen MR) is 60.7 cm³/mol. The zero-order valence-corrected chi connectivity index (χ0v) is 10.8. The van der Waals surface area contributed by atoms with Crippen LogP contribution in [0.2, 0.25) is 0 Å². The molecule has 0 saturated heterocycles. The molecule has 0 aromatic rings. The minimum atomic E-state index is -4.06. The molecule has 5 heteroatoms. The second-order valence-corrected chi connectivity index (χ2v) is 5.80. The van der Waals surface area contributed by atoms with E-state index in [1.54, 1.807) is 4.90 Å². The van der Waals surface area contributed by atoms with Gasteiger partial charge in [0.2, 0.25) is 0 Å². The highest BCUT2D eigenvalue weighted by Crippen LogP contribution is 2.45. The minimum Gasteiger partial charge on any atom is -0.291 e. The molecule has 0 aromatic heterocycles. The van der Waals surface area contributed by atoms with E-state index in [2.05, 4.69) is 15.9 Å². The van der Waals surface area contributed by atoms with E-state index in [-0.39, 0.29) is 11.5 Å². The van der Waals surface area contributed by atoms with Crippen molar-refractivity contribution in [2.75, 3.05) is 18.4 Å². The summed E-state index contributed by atoms with van der Waals surface area (Å²) in [6.45, 7) is -0.116. The first-order valence-corrected chi connectivity index (χ1v) is 6.93. The van der Waals surface area contributed by atoms with Crippen LogP contribution in [0.25, 0.3) is 0 Å². The molecule has 0 atom stereocenters. The van der Waals surface area contributed by atoms with Crippen molar-refractivity contribution in [1.82, 2.24) is 4.90 Å². The Morgan fingerprint density at radius 3 is 2.19 bits per heavy atom. The lowest BCUT2D eigenvalue weighted by atomic mass is 9.70. The van der Waals surface area contributed by atoms with Crippen LogP contribution < -0.4 is 0 Å². The quantitative estimate of drug-likeness (QED) is 0.702. The fourth-order valence-electron chi connectivity index (χ4n) is 2.43. The zero-order chi connectivity index (χ0) is 11.8. The molecule has 2 saturated carbocycles. The molecule has 16 heavy (non-hydrogen) atoms. The van der Waals surface area contributed by atoms with Crippen molar-refractivity contribution in [2.45, 2.75) is 44.3 Å². The van der Waals surface area contributed by atoms with Gasteiger partial charge < -0.3 is 0 Å². The SMILES string of the molecule is FC(F)(F)CN(CC1(CBr)CCC1)C1CC1. The molecule has 1 nitrogen and oxygen atoms in total. The van der Waals surface area contributed by atoms with Gasteiger partial charge in [0, 0.05) is 17.9 Å². The lowest BCUT2D eigenvalue weighted by molar-refractivity contribution is -0.151. The molecule has 0 radical (unpaired) electrons. The smallest absolute Gasteiger partial charge is 0.291 e. The van der Waals surface area contributed by atoms with E-state index in [0.29, 0.717) is 6.54 Å². The molecular formula is C11H17BrF3N. The van der Waals surface area contributed by atoms with Crippen molar-refractivity contribution >= 4 is 15.9 Å². The minimum absolute atomic E-state index is 0.119. The summed E-state index contributed by atoms with van der Waals surface area (Å²) in [5.74, 6) is 0. The highest BCUT2D eigenvalue weighted by Gasteiger charge is 2.44. The fourth-order valence-corrected chi connectivity index (χ4v) is 3.16. The molecule has 0 heterocycles. The fraction of sp³-hybridized carbons (Fsp3) is 1.00. The summed E-state index contributed by atoms with van der Waals surface area (Å²) in [6.07, 6.45) is 1.12. The Morgan fingerprint density at radius 1 is 1.25 bits per heavy atom. The molecular weight excluding hydrogens is 283 g/mol. The van der Waals surface area contributed by atoms with Gasteiger partial charge in [-0.2, -0.15) is 13.2 Å². The van der Waals surface area contributed by atoms with Crippen molar-refractivity contribution < 1.29 is 13.2 Å². The number of nitrogens with zero attached hydrogens (tertiary/aromatic N) is 1. The van der Waals surface area contributed by atoms with Crippen LogP contribution in [0.4, 0.5) is 13.2 Å². The summed E-state index contributed by atoms with van der Waals surface area (Å²) in [5, 5.41) is 0.834. The Morgan fingerprint density at radius 2 is 1.88 bits per heavy atom. The molecule has 2 rings (SSSR count). The van der Waals surface area contributed by atoms with Gasteiger partial charge in [-0.1, -0.05) is 22.4 Å². The lowest BCUT2D eigenvalue weighted by Crippen LogP contribution is -2.47.